The van der Waals surface area contributed by atoms with E-state index in [0.29, 0.717) is 25.7 Å². The molecule has 8 atom stereocenters. The summed E-state index contributed by atoms with van der Waals surface area (Å²) in [5, 5.41) is 12.0. The van der Waals surface area contributed by atoms with Crippen molar-refractivity contribution < 1.29 is 33.4 Å². The number of nitrogens with one attached hydrogen (secondary N) is 4. The van der Waals surface area contributed by atoms with Gasteiger partial charge >= 0.3 is 12.2 Å². The summed E-state index contributed by atoms with van der Waals surface area (Å²) in [6.45, 7) is 7.90. The molecule has 0 bridgehead atoms. The maximum atomic E-state index is 14.1. The zero-order valence-electron chi connectivity index (χ0n) is 33.3. The SMILES string of the molecule is CC[C@H](C)[C@H](NC(=O)OCc1ccccc1)C(=O)N[C@@H](Cc1ccccc1)[C@@H]1O[C@@H]1[C@H](Cc1ccccc1)NC(=O)[C@@H](NC(=O)OCc1ccccc1)[C@@H](C)CC. The molecule has 0 saturated carbocycles. The van der Waals surface area contributed by atoms with Gasteiger partial charge in [-0.1, -0.05) is 162 Å². The summed E-state index contributed by atoms with van der Waals surface area (Å²) in [6.07, 6.45) is -0.102. The lowest BCUT2D eigenvalue weighted by molar-refractivity contribution is -0.126. The Balaban J connectivity index is 1.32. The molecule has 0 radical (unpaired) electrons. The van der Waals surface area contributed by atoms with Crippen molar-refractivity contribution in [2.75, 3.05) is 0 Å². The fraction of sp³-hybridized carbons (Fsp3) is 0.391. The Kier molecular flexibility index (Phi) is 16.1. The van der Waals surface area contributed by atoms with Crippen molar-refractivity contribution in [2.45, 2.75) is 103 Å². The second kappa shape index (κ2) is 21.6. The first-order chi connectivity index (χ1) is 27.6. The van der Waals surface area contributed by atoms with Gasteiger partial charge in [0, 0.05) is 0 Å². The van der Waals surface area contributed by atoms with Crippen molar-refractivity contribution >= 4 is 24.0 Å². The topological polar surface area (TPSA) is 147 Å². The van der Waals surface area contributed by atoms with Crippen LogP contribution in [0.5, 0.6) is 0 Å². The molecule has 11 heteroatoms. The molecular formula is C46H56N4O7. The number of carbonyl (C=O) groups is 4. The highest BCUT2D eigenvalue weighted by atomic mass is 16.6. The van der Waals surface area contributed by atoms with Gasteiger partial charge in [-0.05, 0) is 46.9 Å². The molecule has 4 amide bonds. The first-order valence-electron chi connectivity index (χ1n) is 19.9. The molecule has 4 aromatic carbocycles. The normalized spacial score (nSPS) is 17.7. The van der Waals surface area contributed by atoms with Crippen molar-refractivity contribution in [3.8, 4) is 0 Å². The molecule has 11 nitrogen and oxygen atoms in total. The van der Waals surface area contributed by atoms with Crippen LogP contribution in [-0.4, -0.2) is 60.4 Å². The predicted octanol–water partition coefficient (Wildman–Crippen LogP) is 6.89. The van der Waals surface area contributed by atoms with Crippen molar-refractivity contribution in [2.24, 2.45) is 11.8 Å². The summed E-state index contributed by atoms with van der Waals surface area (Å²) in [5.41, 5.74) is 3.66. The number of ether oxygens (including phenoxy) is 3. The van der Waals surface area contributed by atoms with Gasteiger partial charge in [0.1, 0.15) is 37.5 Å². The van der Waals surface area contributed by atoms with Gasteiger partial charge in [-0.3, -0.25) is 9.59 Å². The Hall–Kier alpha value is -5.68. The van der Waals surface area contributed by atoms with Crippen LogP contribution in [0.25, 0.3) is 0 Å². The highest BCUT2D eigenvalue weighted by Gasteiger charge is 2.51. The van der Waals surface area contributed by atoms with Crippen LogP contribution in [0.3, 0.4) is 0 Å². The summed E-state index contributed by atoms with van der Waals surface area (Å²) in [4.78, 5) is 54.2. The smallest absolute Gasteiger partial charge is 0.408 e. The van der Waals surface area contributed by atoms with Crippen molar-refractivity contribution in [1.82, 2.24) is 21.3 Å². The van der Waals surface area contributed by atoms with E-state index in [2.05, 4.69) is 21.3 Å². The monoisotopic (exact) mass is 776 g/mol. The molecule has 0 aromatic heterocycles. The largest absolute Gasteiger partial charge is 0.445 e. The van der Waals surface area contributed by atoms with E-state index < -0.39 is 48.6 Å². The van der Waals surface area contributed by atoms with Gasteiger partial charge in [-0.15, -0.1) is 0 Å². The Morgan fingerprint density at radius 1 is 0.509 bits per heavy atom. The van der Waals surface area contributed by atoms with E-state index in [0.717, 1.165) is 22.3 Å². The Bertz CT molecular complexity index is 1710. The molecule has 4 aromatic rings. The van der Waals surface area contributed by atoms with Crippen LogP contribution < -0.4 is 21.3 Å². The molecule has 57 heavy (non-hydrogen) atoms. The number of rotatable bonds is 20. The zero-order valence-corrected chi connectivity index (χ0v) is 33.3. The van der Waals surface area contributed by atoms with Gasteiger partial charge in [-0.25, -0.2) is 9.59 Å². The van der Waals surface area contributed by atoms with Crippen molar-refractivity contribution in [3.63, 3.8) is 0 Å². The van der Waals surface area contributed by atoms with E-state index >= 15 is 0 Å². The number of epoxide rings is 1. The van der Waals surface area contributed by atoms with E-state index in [-0.39, 0.29) is 36.9 Å². The highest BCUT2D eigenvalue weighted by molar-refractivity contribution is 5.87. The van der Waals surface area contributed by atoms with Gasteiger partial charge in [0.25, 0.3) is 0 Å². The number of alkyl carbamates (subject to hydrolysis) is 2. The lowest BCUT2D eigenvalue weighted by atomic mass is 9.93. The van der Waals surface area contributed by atoms with E-state index in [1.807, 2.05) is 149 Å². The lowest BCUT2D eigenvalue weighted by Crippen LogP contribution is -2.56. The minimum atomic E-state index is -0.863. The van der Waals surface area contributed by atoms with Crippen LogP contribution >= 0.6 is 0 Å². The van der Waals surface area contributed by atoms with Crippen LogP contribution in [0.2, 0.25) is 0 Å². The molecule has 4 N–H and O–H groups in total. The van der Waals surface area contributed by atoms with Gasteiger partial charge in [-0.2, -0.15) is 0 Å². The maximum absolute atomic E-state index is 14.1. The molecule has 1 heterocycles. The third kappa shape index (κ3) is 13.2. The third-order valence-electron chi connectivity index (χ3n) is 10.6. The fourth-order valence-electron chi connectivity index (χ4n) is 6.75. The Morgan fingerprint density at radius 2 is 0.825 bits per heavy atom. The molecule has 1 aliphatic rings. The van der Waals surface area contributed by atoms with E-state index in [1.165, 1.54) is 0 Å². The average Bonchev–Trinajstić information content (AvgIpc) is 4.05. The van der Waals surface area contributed by atoms with Crippen LogP contribution in [-0.2, 0) is 49.9 Å². The highest BCUT2D eigenvalue weighted by Crippen LogP contribution is 2.32. The molecule has 1 fully saturated rings. The van der Waals surface area contributed by atoms with Gasteiger partial charge in [0.05, 0.1) is 12.1 Å². The molecule has 1 saturated heterocycles. The minimum Gasteiger partial charge on any atom is -0.445 e. The van der Waals surface area contributed by atoms with Gasteiger partial charge in [0.15, 0.2) is 0 Å². The van der Waals surface area contributed by atoms with E-state index in [9.17, 15) is 19.2 Å². The number of amides is 4. The summed E-state index contributed by atoms with van der Waals surface area (Å²) in [6, 6.07) is 35.6. The second-order valence-corrected chi connectivity index (χ2v) is 14.8. The first kappa shape index (κ1) is 42.5. The molecule has 1 aliphatic heterocycles. The van der Waals surface area contributed by atoms with Crippen LogP contribution in [0, 0.1) is 11.8 Å². The van der Waals surface area contributed by atoms with E-state index in [4.69, 9.17) is 14.2 Å². The van der Waals surface area contributed by atoms with Crippen LogP contribution in [0.4, 0.5) is 9.59 Å². The molecule has 302 valence electrons. The lowest BCUT2D eigenvalue weighted by Gasteiger charge is -2.27. The quantitative estimate of drug-likeness (QED) is 0.0715. The minimum absolute atomic E-state index is 0.0759. The van der Waals surface area contributed by atoms with Gasteiger partial charge < -0.3 is 35.5 Å². The zero-order chi connectivity index (χ0) is 40.6. The molecule has 5 rings (SSSR count). The molecule has 0 unspecified atom stereocenters. The van der Waals surface area contributed by atoms with Gasteiger partial charge in [0.2, 0.25) is 11.8 Å². The molecule has 0 spiro atoms. The molecular weight excluding hydrogens is 721 g/mol. The maximum Gasteiger partial charge on any atom is 0.408 e. The first-order valence-corrected chi connectivity index (χ1v) is 19.9. The Labute approximate surface area is 336 Å². The number of benzene rings is 4. The summed E-state index contributed by atoms with van der Waals surface area (Å²) in [7, 11) is 0. The Morgan fingerprint density at radius 3 is 1.14 bits per heavy atom. The number of carbonyl (C=O) groups excluding carboxylic acids is 4. The van der Waals surface area contributed by atoms with Crippen LogP contribution in [0.1, 0.15) is 62.8 Å². The van der Waals surface area contributed by atoms with Crippen molar-refractivity contribution in [1.29, 1.82) is 0 Å². The number of hydrogen-bond acceptors (Lipinski definition) is 7. The third-order valence-corrected chi connectivity index (χ3v) is 10.6. The fourth-order valence-corrected chi connectivity index (χ4v) is 6.75. The van der Waals surface area contributed by atoms with Crippen LogP contribution in [0.15, 0.2) is 121 Å². The predicted molar refractivity (Wildman–Crippen MR) is 219 cm³/mol. The summed E-state index contributed by atoms with van der Waals surface area (Å²) < 4.78 is 17.4. The van der Waals surface area contributed by atoms with E-state index in [1.54, 1.807) is 0 Å². The molecule has 0 aliphatic carbocycles. The standard InChI is InChI=1S/C46H56N4O7/c1-5-31(3)39(49-45(53)55-29-35-23-15-9-16-24-35)43(51)47-37(27-33-19-11-7-12-20-33)41-42(57-41)38(28-34-21-13-8-14-22-34)48-44(52)40(32(4)6-2)50-46(54)56-30-36-25-17-10-18-26-36/h7-26,31-32,37-42H,5-6,27-30H2,1-4H3,(H,47,51)(H,48,52)(H,49,53)(H,50,54)/t31-,32-,37-,38-,39-,40-,41-,42+/m0/s1. The number of hydrogen-bond donors (Lipinski definition) is 4. The summed E-state index contributed by atoms with van der Waals surface area (Å²) in [5.74, 6) is -1.10. The average molecular weight is 777 g/mol. The summed E-state index contributed by atoms with van der Waals surface area (Å²) >= 11 is 0. The second-order valence-electron chi connectivity index (χ2n) is 14.8. The van der Waals surface area contributed by atoms with Crippen molar-refractivity contribution in [3.05, 3.63) is 144 Å².